The summed E-state index contributed by atoms with van der Waals surface area (Å²) < 4.78 is 18.5. The summed E-state index contributed by atoms with van der Waals surface area (Å²) in [6.07, 6.45) is 1.78. The van der Waals surface area contributed by atoms with Gasteiger partial charge in [0, 0.05) is 34.3 Å². The predicted octanol–water partition coefficient (Wildman–Crippen LogP) is 5.37. The molecule has 0 saturated carbocycles. The lowest BCUT2D eigenvalue weighted by Crippen LogP contribution is -2.44. The molecule has 0 spiro atoms. The third-order valence-corrected chi connectivity index (χ3v) is 5.90. The van der Waals surface area contributed by atoms with Crippen molar-refractivity contribution in [3.63, 3.8) is 0 Å². The molecule has 4 aromatic rings. The molecule has 1 saturated heterocycles. The zero-order chi connectivity index (χ0) is 24.6. The Morgan fingerprint density at radius 1 is 1.11 bits per heavy atom. The molecule has 1 aliphatic rings. The van der Waals surface area contributed by atoms with Gasteiger partial charge in [-0.15, -0.1) is 0 Å². The molecule has 9 nitrogen and oxygen atoms in total. The quantitative estimate of drug-likeness (QED) is 0.389. The van der Waals surface area contributed by atoms with Crippen LogP contribution in [0.25, 0.3) is 16.7 Å². The minimum Gasteiger partial charge on any atom is -0.493 e. The van der Waals surface area contributed by atoms with E-state index in [4.69, 9.17) is 14.0 Å². The number of hydrogen-bond donors (Lipinski definition) is 2. The Balaban J connectivity index is 1.23. The first-order chi connectivity index (χ1) is 16.7. The van der Waals surface area contributed by atoms with Gasteiger partial charge in [0.1, 0.15) is 17.8 Å². The number of carbonyl (C=O) groups excluding carboxylic acids is 1. The Labute approximate surface area is 203 Å². The lowest BCUT2D eigenvalue weighted by molar-refractivity contribution is -0.120. The SMILES string of the molecule is CC1(COc2ccc3c(c2)ncn3-c2ccc(NC(=O)Nc3cc(C(C)(C)C)on3)cc2)COC1. The van der Waals surface area contributed by atoms with Gasteiger partial charge in [-0.1, -0.05) is 32.9 Å². The van der Waals surface area contributed by atoms with E-state index in [2.05, 4.69) is 27.7 Å². The molecule has 0 unspecified atom stereocenters. The maximum absolute atomic E-state index is 12.4. The van der Waals surface area contributed by atoms with Crippen LogP contribution in [-0.2, 0) is 10.2 Å². The minimum atomic E-state index is -0.394. The standard InChI is InChI=1S/C26H29N5O4/c1-25(2,3)22-12-23(30-35-22)29-24(32)28-17-5-7-18(8-6-17)31-16-27-20-11-19(9-10-21(20)31)34-15-26(4)13-33-14-26/h5-12,16H,13-15H2,1-4H3,(H2,28,29,30,32). The Morgan fingerprint density at radius 2 is 1.89 bits per heavy atom. The molecule has 2 aromatic heterocycles. The number of urea groups is 1. The van der Waals surface area contributed by atoms with Crippen LogP contribution in [0.5, 0.6) is 5.75 Å². The molecular weight excluding hydrogens is 446 g/mol. The molecule has 2 amide bonds. The van der Waals surface area contributed by atoms with Gasteiger partial charge in [0.05, 0.1) is 30.9 Å². The maximum atomic E-state index is 12.4. The van der Waals surface area contributed by atoms with Crippen LogP contribution in [0.2, 0.25) is 0 Å². The molecule has 0 aliphatic carbocycles. The van der Waals surface area contributed by atoms with Crippen molar-refractivity contribution in [2.75, 3.05) is 30.5 Å². The summed E-state index contributed by atoms with van der Waals surface area (Å²) in [6.45, 7) is 10.3. The largest absolute Gasteiger partial charge is 0.493 e. The van der Waals surface area contributed by atoms with E-state index in [0.717, 1.165) is 35.7 Å². The second-order valence-electron chi connectivity index (χ2n) is 10.3. The van der Waals surface area contributed by atoms with Gasteiger partial charge in [-0.2, -0.15) is 0 Å². The van der Waals surface area contributed by atoms with Gasteiger partial charge in [-0.05, 0) is 36.4 Å². The smallest absolute Gasteiger partial charge is 0.324 e. The van der Waals surface area contributed by atoms with E-state index in [9.17, 15) is 4.79 Å². The zero-order valence-corrected chi connectivity index (χ0v) is 20.3. The summed E-state index contributed by atoms with van der Waals surface area (Å²) in [5.74, 6) is 1.86. The van der Waals surface area contributed by atoms with Crippen LogP contribution in [0.3, 0.4) is 0 Å². The van der Waals surface area contributed by atoms with Gasteiger partial charge in [0.2, 0.25) is 0 Å². The Morgan fingerprint density at radius 3 is 2.54 bits per heavy atom. The van der Waals surface area contributed by atoms with Crippen LogP contribution in [0.4, 0.5) is 16.3 Å². The number of anilines is 2. The monoisotopic (exact) mass is 475 g/mol. The number of nitrogens with zero attached hydrogens (tertiary/aromatic N) is 3. The first-order valence-electron chi connectivity index (χ1n) is 11.5. The molecule has 2 aromatic carbocycles. The van der Waals surface area contributed by atoms with Crippen LogP contribution in [0.15, 0.2) is 59.4 Å². The number of ether oxygens (including phenoxy) is 2. The number of aromatic nitrogens is 3. The van der Waals surface area contributed by atoms with Crippen molar-refractivity contribution in [3.8, 4) is 11.4 Å². The van der Waals surface area contributed by atoms with Crippen LogP contribution in [0, 0.1) is 5.41 Å². The summed E-state index contributed by atoms with van der Waals surface area (Å²) in [7, 11) is 0. The minimum absolute atomic E-state index is 0.0887. The highest BCUT2D eigenvalue weighted by molar-refractivity contribution is 5.99. The number of benzene rings is 2. The van der Waals surface area contributed by atoms with Gasteiger partial charge in [-0.3, -0.25) is 9.88 Å². The Bertz CT molecular complexity index is 1350. The van der Waals surface area contributed by atoms with Crippen molar-refractivity contribution in [3.05, 3.63) is 60.6 Å². The third kappa shape index (κ3) is 5.00. The molecule has 0 radical (unpaired) electrons. The first kappa shape index (κ1) is 22.9. The average Bonchev–Trinajstić information content (AvgIpc) is 3.44. The van der Waals surface area contributed by atoms with Crippen molar-refractivity contribution < 1.29 is 18.8 Å². The second kappa shape index (κ2) is 8.74. The van der Waals surface area contributed by atoms with Gasteiger partial charge < -0.3 is 19.3 Å². The molecule has 3 heterocycles. The molecule has 1 fully saturated rings. The van der Waals surface area contributed by atoms with Crippen molar-refractivity contribution in [2.24, 2.45) is 5.41 Å². The normalized spacial score (nSPS) is 15.0. The van der Waals surface area contributed by atoms with Crippen molar-refractivity contribution in [1.29, 1.82) is 0 Å². The molecule has 0 atom stereocenters. The fourth-order valence-electron chi connectivity index (χ4n) is 3.75. The Kier molecular flexibility index (Phi) is 5.72. The molecule has 2 N–H and O–H groups in total. The topological polar surface area (TPSA) is 103 Å². The summed E-state index contributed by atoms with van der Waals surface area (Å²) >= 11 is 0. The molecule has 5 rings (SSSR count). The second-order valence-corrected chi connectivity index (χ2v) is 10.3. The van der Waals surface area contributed by atoms with Crippen LogP contribution in [-0.4, -0.2) is 40.6 Å². The van der Waals surface area contributed by atoms with Crippen LogP contribution >= 0.6 is 0 Å². The van der Waals surface area contributed by atoms with Gasteiger partial charge >= 0.3 is 6.03 Å². The molecule has 35 heavy (non-hydrogen) atoms. The zero-order valence-electron chi connectivity index (χ0n) is 20.3. The first-order valence-corrected chi connectivity index (χ1v) is 11.5. The van der Waals surface area contributed by atoms with Crippen molar-refractivity contribution in [2.45, 2.75) is 33.1 Å². The van der Waals surface area contributed by atoms with E-state index in [0.29, 0.717) is 23.9 Å². The molecule has 182 valence electrons. The highest BCUT2D eigenvalue weighted by Gasteiger charge is 2.34. The molecule has 0 bridgehead atoms. The van der Waals surface area contributed by atoms with Gasteiger partial charge in [0.25, 0.3) is 0 Å². The van der Waals surface area contributed by atoms with E-state index in [1.165, 1.54) is 0 Å². The highest BCUT2D eigenvalue weighted by Crippen LogP contribution is 2.29. The molecule has 1 aliphatic heterocycles. The predicted molar refractivity (Wildman–Crippen MR) is 133 cm³/mol. The van der Waals surface area contributed by atoms with Crippen molar-refractivity contribution >= 4 is 28.6 Å². The number of carbonyl (C=O) groups is 1. The van der Waals surface area contributed by atoms with E-state index < -0.39 is 6.03 Å². The lowest BCUT2D eigenvalue weighted by Gasteiger charge is -2.37. The van der Waals surface area contributed by atoms with Crippen LogP contribution < -0.4 is 15.4 Å². The van der Waals surface area contributed by atoms with Crippen molar-refractivity contribution in [1.82, 2.24) is 14.7 Å². The maximum Gasteiger partial charge on any atom is 0.324 e. The lowest BCUT2D eigenvalue weighted by atomic mass is 9.90. The van der Waals surface area contributed by atoms with Crippen LogP contribution in [0.1, 0.15) is 33.5 Å². The molecule has 9 heteroatoms. The van der Waals surface area contributed by atoms with E-state index in [-0.39, 0.29) is 10.8 Å². The number of rotatable bonds is 6. The number of imidazole rings is 1. The van der Waals surface area contributed by atoms with E-state index >= 15 is 0 Å². The number of amides is 2. The molecular formula is C26H29N5O4. The van der Waals surface area contributed by atoms with Gasteiger partial charge in [0.15, 0.2) is 5.82 Å². The number of hydrogen-bond acceptors (Lipinski definition) is 6. The summed E-state index contributed by atoms with van der Waals surface area (Å²) in [5, 5.41) is 9.41. The summed E-state index contributed by atoms with van der Waals surface area (Å²) in [6, 6.07) is 14.8. The highest BCUT2D eigenvalue weighted by atomic mass is 16.5. The third-order valence-electron chi connectivity index (χ3n) is 5.90. The average molecular weight is 476 g/mol. The number of nitrogens with one attached hydrogen (secondary N) is 2. The van der Waals surface area contributed by atoms with E-state index in [1.807, 2.05) is 67.8 Å². The van der Waals surface area contributed by atoms with Gasteiger partial charge in [-0.25, -0.2) is 9.78 Å². The summed E-state index contributed by atoms with van der Waals surface area (Å²) in [5.41, 5.74) is 3.30. The van der Waals surface area contributed by atoms with E-state index in [1.54, 1.807) is 12.4 Å². The summed E-state index contributed by atoms with van der Waals surface area (Å²) in [4.78, 5) is 16.9. The Hall–Kier alpha value is -3.85. The number of fused-ring (bicyclic) bond motifs is 1. The fourth-order valence-corrected chi connectivity index (χ4v) is 3.75. The fraction of sp³-hybridized carbons (Fsp3) is 0.346.